The maximum atomic E-state index is 9.79. The first-order valence-corrected chi connectivity index (χ1v) is 14.5. The topological polar surface area (TPSA) is 237 Å². The molecule has 40 heavy (non-hydrogen) atoms. The van der Waals surface area contributed by atoms with Crippen LogP contribution in [0.1, 0.15) is 51.4 Å². The van der Waals surface area contributed by atoms with E-state index in [1.807, 2.05) is 0 Å². The molecule has 0 spiro atoms. The van der Waals surface area contributed by atoms with Crippen molar-refractivity contribution in [3.63, 3.8) is 0 Å². The lowest BCUT2D eigenvalue weighted by Gasteiger charge is -2.35. The molecule has 8 unspecified atom stereocenters. The molecular formula is C26H54N4O10. The lowest BCUT2D eigenvalue weighted by molar-refractivity contribution is -0.239. The van der Waals surface area contributed by atoms with Gasteiger partial charge in [0.25, 0.3) is 0 Å². The molecule has 12 N–H and O–H groups in total. The Morgan fingerprint density at radius 1 is 0.950 bits per heavy atom. The first kappa shape index (κ1) is 35.6. The van der Waals surface area contributed by atoms with Crippen LogP contribution in [0.4, 0.5) is 0 Å². The van der Waals surface area contributed by atoms with E-state index in [-0.39, 0.29) is 51.0 Å². The standard InChI is InChI=1S/C19H36N2O9.C6H13NO.CH5N/c20-10-1-11(21-6-12(24)7-22)3-13(2-10)28-19-5-16(17(8-23)30-19)29-18-4-14(25)15(26)9-27-18;7-5-6-3-1-2-4-8-6;1-2/h10-19,21-26H,1-9,20H2;6H,1-5,7H2;2H2,1H3/t10?,11?,12?,13?,14?,15-,16+,17?,18-,19?;;/m1../s1. The van der Waals surface area contributed by atoms with Crippen LogP contribution in [0.3, 0.4) is 0 Å². The van der Waals surface area contributed by atoms with Crippen LogP contribution in [0, 0.1) is 0 Å². The van der Waals surface area contributed by atoms with Crippen molar-refractivity contribution in [3.05, 3.63) is 0 Å². The second-order valence-corrected chi connectivity index (χ2v) is 10.7. The third kappa shape index (κ3) is 12.4. The molecule has 0 aromatic heterocycles. The summed E-state index contributed by atoms with van der Waals surface area (Å²) in [6.07, 6.45) is 1.62. The molecular weight excluding hydrogens is 528 g/mol. The highest BCUT2D eigenvalue weighted by Gasteiger charge is 2.41. The van der Waals surface area contributed by atoms with Crippen LogP contribution in [0.5, 0.6) is 0 Å². The molecule has 0 radical (unpaired) electrons. The van der Waals surface area contributed by atoms with Crippen LogP contribution < -0.4 is 22.5 Å². The van der Waals surface area contributed by atoms with Crippen LogP contribution in [0.2, 0.25) is 0 Å². The summed E-state index contributed by atoms with van der Waals surface area (Å²) >= 11 is 0. The van der Waals surface area contributed by atoms with Gasteiger partial charge in [0.2, 0.25) is 0 Å². The molecule has 4 aliphatic rings. The van der Waals surface area contributed by atoms with Gasteiger partial charge in [-0.1, -0.05) is 0 Å². The Morgan fingerprint density at radius 2 is 1.73 bits per heavy atom. The number of aliphatic hydroxyl groups excluding tert-OH is 5. The van der Waals surface area contributed by atoms with E-state index in [0.717, 1.165) is 19.4 Å². The Hall–Kier alpha value is -0.560. The van der Waals surface area contributed by atoms with Crippen molar-refractivity contribution < 1.29 is 49.2 Å². The zero-order valence-electron chi connectivity index (χ0n) is 23.8. The SMILES string of the molecule is CN.NC1CC(NCC(O)CO)CC(OC2C[C@H](O[C@@H]3CC(O)[C@H](O)CO3)C(CO)O2)C1.NCC1CCCCO1. The zero-order chi connectivity index (χ0) is 29.5. The van der Waals surface area contributed by atoms with E-state index in [4.69, 9.17) is 40.3 Å². The lowest BCUT2D eigenvalue weighted by Crippen LogP contribution is -2.48. The highest BCUT2D eigenvalue weighted by atomic mass is 16.7. The molecule has 1 aliphatic carbocycles. The smallest absolute Gasteiger partial charge is 0.161 e. The number of rotatable bonds is 10. The Balaban J connectivity index is 0.000000475. The first-order chi connectivity index (χ1) is 19.3. The average molecular weight is 583 g/mol. The second kappa shape index (κ2) is 19.6. The van der Waals surface area contributed by atoms with E-state index in [9.17, 15) is 20.4 Å². The number of hydrogen-bond acceptors (Lipinski definition) is 14. The van der Waals surface area contributed by atoms with Gasteiger partial charge in [-0.05, 0) is 45.6 Å². The molecule has 11 atom stereocenters. The lowest BCUT2D eigenvalue weighted by atomic mass is 9.89. The normalized spacial score (nSPS) is 38.9. The number of aliphatic hydroxyl groups is 5. The maximum Gasteiger partial charge on any atom is 0.161 e. The molecule has 4 rings (SSSR count). The molecule has 14 nitrogen and oxygen atoms in total. The van der Waals surface area contributed by atoms with Gasteiger partial charge < -0.3 is 71.7 Å². The van der Waals surface area contributed by atoms with Crippen LogP contribution >= 0.6 is 0 Å². The first-order valence-electron chi connectivity index (χ1n) is 14.5. The fourth-order valence-corrected chi connectivity index (χ4v) is 5.26. The van der Waals surface area contributed by atoms with Crippen molar-refractivity contribution in [2.24, 2.45) is 17.2 Å². The predicted molar refractivity (Wildman–Crippen MR) is 146 cm³/mol. The number of nitrogens with one attached hydrogen (secondary N) is 1. The van der Waals surface area contributed by atoms with Gasteiger partial charge >= 0.3 is 0 Å². The van der Waals surface area contributed by atoms with Gasteiger partial charge in [0.15, 0.2) is 12.6 Å². The Labute approximate surface area is 237 Å². The van der Waals surface area contributed by atoms with Crippen LogP contribution in [-0.2, 0) is 23.7 Å². The number of hydrogen-bond donors (Lipinski definition) is 9. The Bertz CT molecular complexity index is 651. The molecule has 1 saturated carbocycles. The van der Waals surface area contributed by atoms with Gasteiger partial charge in [-0.2, -0.15) is 0 Å². The quantitative estimate of drug-likeness (QED) is 0.127. The molecule has 0 aromatic carbocycles. The fraction of sp³-hybridized carbons (Fsp3) is 1.00. The molecule has 3 heterocycles. The van der Waals surface area contributed by atoms with Gasteiger partial charge in [0.1, 0.15) is 12.2 Å². The summed E-state index contributed by atoms with van der Waals surface area (Å²) in [6, 6.07) is 0.00348. The molecule has 4 fully saturated rings. The highest BCUT2D eigenvalue weighted by Crippen LogP contribution is 2.31. The van der Waals surface area contributed by atoms with Gasteiger partial charge in [-0.25, -0.2) is 0 Å². The van der Waals surface area contributed by atoms with E-state index in [1.165, 1.54) is 19.9 Å². The fourth-order valence-electron chi connectivity index (χ4n) is 5.26. The van der Waals surface area contributed by atoms with Crippen molar-refractivity contribution in [1.82, 2.24) is 5.32 Å². The second-order valence-electron chi connectivity index (χ2n) is 10.7. The number of ether oxygens (including phenoxy) is 5. The third-order valence-corrected chi connectivity index (χ3v) is 7.44. The largest absolute Gasteiger partial charge is 0.394 e. The monoisotopic (exact) mass is 582 g/mol. The zero-order valence-corrected chi connectivity index (χ0v) is 23.8. The summed E-state index contributed by atoms with van der Waals surface area (Å²) in [5.74, 6) is 0. The van der Waals surface area contributed by atoms with Crippen LogP contribution in [-0.4, -0.2) is 139 Å². The van der Waals surface area contributed by atoms with Crippen molar-refractivity contribution in [2.45, 2.75) is 119 Å². The highest BCUT2D eigenvalue weighted by molar-refractivity contribution is 4.88. The van der Waals surface area contributed by atoms with Crippen molar-refractivity contribution in [1.29, 1.82) is 0 Å². The predicted octanol–water partition coefficient (Wildman–Crippen LogP) is -2.76. The van der Waals surface area contributed by atoms with E-state index < -0.39 is 43.1 Å². The van der Waals surface area contributed by atoms with Gasteiger partial charge in [-0.15, -0.1) is 0 Å². The summed E-state index contributed by atoms with van der Waals surface area (Å²) in [6.45, 7) is 1.34. The minimum Gasteiger partial charge on any atom is -0.394 e. The van der Waals surface area contributed by atoms with E-state index in [1.54, 1.807) is 0 Å². The molecule has 238 valence electrons. The van der Waals surface area contributed by atoms with E-state index >= 15 is 0 Å². The summed E-state index contributed by atoms with van der Waals surface area (Å²) in [7, 11) is 1.50. The average Bonchev–Trinajstić information content (AvgIpc) is 3.35. The minimum absolute atomic E-state index is 0.0114. The van der Waals surface area contributed by atoms with Crippen molar-refractivity contribution in [2.75, 3.05) is 46.6 Å². The van der Waals surface area contributed by atoms with Gasteiger partial charge in [-0.3, -0.25) is 0 Å². The third-order valence-electron chi connectivity index (χ3n) is 7.44. The Kier molecular flexibility index (Phi) is 17.5. The molecule has 14 heteroatoms. The Morgan fingerprint density at radius 3 is 2.33 bits per heavy atom. The molecule has 0 bridgehead atoms. The minimum atomic E-state index is -0.926. The van der Waals surface area contributed by atoms with Gasteiger partial charge in [0.05, 0.1) is 50.3 Å². The summed E-state index contributed by atoms with van der Waals surface area (Å²) in [4.78, 5) is 0. The molecule has 3 saturated heterocycles. The van der Waals surface area contributed by atoms with Crippen molar-refractivity contribution in [3.8, 4) is 0 Å². The van der Waals surface area contributed by atoms with Crippen LogP contribution in [0.25, 0.3) is 0 Å². The summed E-state index contributed by atoms with van der Waals surface area (Å²) in [5, 5.41) is 50.7. The van der Waals surface area contributed by atoms with E-state index in [2.05, 4.69) is 11.1 Å². The number of nitrogens with two attached hydrogens (primary N) is 3. The summed E-state index contributed by atoms with van der Waals surface area (Å²) in [5.41, 5.74) is 16.0. The molecule has 0 aromatic rings. The molecule has 3 aliphatic heterocycles. The van der Waals surface area contributed by atoms with Gasteiger partial charge in [0, 0.05) is 44.6 Å². The summed E-state index contributed by atoms with van der Waals surface area (Å²) < 4.78 is 28.5. The van der Waals surface area contributed by atoms with Crippen LogP contribution in [0.15, 0.2) is 0 Å². The maximum absolute atomic E-state index is 9.79. The molecule has 0 amide bonds. The van der Waals surface area contributed by atoms with E-state index in [0.29, 0.717) is 31.9 Å². The van der Waals surface area contributed by atoms with Crippen molar-refractivity contribution >= 4 is 0 Å².